The molecule has 4 heterocycles. The largest absolute Gasteiger partial charge is 0.280 e. The Balaban J connectivity index is 1.24. The van der Waals surface area contributed by atoms with Crippen molar-refractivity contribution in [2.75, 3.05) is 0 Å². The molecular weight excluding hydrogens is 516 g/mol. The standard InChI is InChI=1S/C28H16N6O6/c35-23(17-3-1-9-29-13-17)31-33-25(37)19-7-5-15(11-21(19)27(33)39)16-6-8-20-22(12-16)28(40)34(26(20)38)32-24(36)18-4-2-10-30-14-18/h1-14H,(H,31,35)(H,32,36). The number of benzene rings is 2. The number of fused-ring (bicyclic) bond motifs is 2. The van der Waals surface area contributed by atoms with E-state index in [1.165, 1.54) is 61.2 Å². The van der Waals surface area contributed by atoms with Gasteiger partial charge in [0, 0.05) is 24.8 Å². The third kappa shape index (κ3) is 3.96. The van der Waals surface area contributed by atoms with E-state index in [0.717, 1.165) is 0 Å². The average molecular weight is 532 g/mol. The zero-order valence-electron chi connectivity index (χ0n) is 20.3. The van der Waals surface area contributed by atoms with Crippen LogP contribution in [-0.4, -0.2) is 55.4 Å². The highest BCUT2D eigenvalue weighted by Gasteiger charge is 2.39. The number of hydrogen-bond donors (Lipinski definition) is 2. The molecule has 2 aromatic heterocycles. The number of imide groups is 2. The van der Waals surface area contributed by atoms with E-state index < -0.39 is 35.4 Å². The lowest BCUT2D eigenvalue weighted by Crippen LogP contribution is -2.45. The number of hydrazine groups is 2. The van der Waals surface area contributed by atoms with Crippen molar-refractivity contribution in [1.82, 2.24) is 30.8 Å². The van der Waals surface area contributed by atoms with Crippen LogP contribution in [0.5, 0.6) is 0 Å². The molecule has 2 aliphatic heterocycles. The zero-order valence-corrected chi connectivity index (χ0v) is 20.3. The smallest absolute Gasteiger partial charge is 0.267 e. The van der Waals surface area contributed by atoms with Crippen molar-refractivity contribution in [3.8, 4) is 11.1 Å². The van der Waals surface area contributed by atoms with Gasteiger partial charge < -0.3 is 0 Å². The maximum atomic E-state index is 13.0. The molecule has 2 N–H and O–H groups in total. The third-order valence-electron chi connectivity index (χ3n) is 6.38. The fourth-order valence-corrected chi connectivity index (χ4v) is 4.37. The Morgan fingerprint density at radius 3 is 1.32 bits per heavy atom. The molecule has 2 aromatic carbocycles. The van der Waals surface area contributed by atoms with Gasteiger partial charge in [-0.05, 0) is 59.7 Å². The molecule has 40 heavy (non-hydrogen) atoms. The molecule has 0 spiro atoms. The summed E-state index contributed by atoms with van der Waals surface area (Å²) in [4.78, 5) is 84.4. The topological polar surface area (TPSA) is 159 Å². The van der Waals surface area contributed by atoms with Gasteiger partial charge in [-0.15, -0.1) is 0 Å². The van der Waals surface area contributed by atoms with Crippen molar-refractivity contribution in [2.24, 2.45) is 0 Å². The first-order chi connectivity index (χ1) is 19.3. The number of hydrogen-bond acceptors (Lipinski definition) is 8. The van der Waals surface area contributed by atoms with E-state index in [9.17, 15) is 28.8 Å². The number of pyridine rings is 2. The van der Waals surface area contributed by atoms with Crippen molar-refractivity contribution in [2.45, 2.75) is 0 Å². The molecule has 0 saturated heterocycles. The molecule has 4 aromatic rings. The van der Waals surface area contributed by atoms with Gasteiger partial charge in [0.1, 0.15) is 0 Å². The summed E-state index contributed by atoms with van der Waals surface area (Å²) in [6.45, 7) is 0. The van der Waals surface area contributed by atoms with E-state index in [-0.39, 0.29) is 33.4 Å². The molecule has 12 nitrogen and oxygen atoms in total. The molecule has 6 amide bonds. The van der Waals surface area contributed by atoms with E-state index in [1.54, 1.807) is 24.3 Å². The Morgan fingerprint density at radius 2 is 0.950 bits per heavy atom. The lowest BCUT2D eigenvalue weighted by Gasteiger charge is -2.14. The Bertz CT molecular complexity index is 1640. The van der Waals surface area contributed by atoms with Crippen molar-refractivity contribution in [3.63, 3.8) is 0 Å². The van der Waals surface area contributed by atoms with E-state index in [0.29, 0.717) is 21.1 Å². The van der Waals surface area contributed by atoms with Crippen LogP contribution < -0.4 is 10.9 Å². The summed E-state index contributed by atoms with van der Waals surface area (Å²) in [5, 5.41) is 1.27. The van der Waals surface area contributed by atoms with Gasteiger partial charge >= 0.3 is 0 Å². The number of carbonyl (C=O) groups excluding carboxylic acids is 6. The van der Waals surface area contributed by atoms with Crippen molar-refractivity contribution < 1.29 is 28.8 Å². The molecule has 6 rings (SSSR count). The summed E-state index contributed by atoms with van der Waals surface area (Å²) in [7, 11) is 0. The van der Waals surface area contributed by atoms with E-state index in [2.05, 4.69) is 20.8 Å². The molecule has 0 aliphatic carbocycles. The van der Waals surface area contributed by atoms with Gasteiger partial charge in [-0.1, -0.05) is 12.1 Å². The van der Waals surface area contributed by atoms with Gasteiger partial charge in [-0.25, -0.2) is 0 Å². The summed E-state index contributed by atoms with van der Waals surface area (Å²) in [6, 6.07) is 15.1. The number of carbonyl (C=O) groups is 6. The number of amides is 6. The predicted molar refractivity (Wildman–Crippen MR) is 136 cm³/mol. The lowest BCUT2D eigenvalue weighted by atomic mass is 9.97. The summed E-state index contributed by atoms with van der Waals surface area (Å²) in [6.07, 6.45) is 5.57. The normalized spacial score (nSPS) is 13.8. The fourth-order valence-electron chi connectivity index (χ4n) is 4.37. The van der Waals surface area contributed by atoms with Crippen LogP contribution in [0.3, 0.4) is 0 Å². The Morgan fingerprint density at radius 1 is 0.550 bits per heavy atom. The summed E-state index contributed by atoms with van der Waals surface area (Å²) in [5.41, 5.74) is 6.23. The average Bonchev–Trinajstić information content (AvgIpc) is 3.37. The first-order valence-corrected chi connectivity index (χ1v) is 11.8. The molecule has 0 radical (unpaired) electrons. The van der Waals surface area contributed by atoms with Gasteiger partial charge in [0.2, 0.25) is 0 Å². The van der Waals surface area contributed by atoms with E-state index >= 15 is 0 Å². The van der Waals surface area contributed by atoms with Crippen molar-refractivity contribution >= 4 is 35.4 Å². The third-order valence-corrected chi connectivity index (χ3v) is 6.38. The van der Waals surface area contributed by atoms with Crippen LogP contribution in [0.15, 0.2) is 85.5 Å². The Hall–Kier alpha value is -6.04. The van der Waals surface area contributed by atoms with Gasteiger partial charge in [0.15, 0.2) is 0 Å². The van der Waals surface area contributed by atoms with E-state index in [1.807, 2.05) is 0 Å². The summed E-state index contributed by atoms with van der Waals surface area (Å²) < 4.78 is 0. The molecule has 0 saturated carbocycles. The first-order valence-electron chi connectivity index (χ1n) is 11.8. The predicted octanol–water partition coefficient (Wildman–Crippen LogP) is 2.03. The van der Waals surface area contributed by atoms with Gasteiger partial charge in [0.25, 0.3) is 35.4 Å². The second kappa shape index (κ2) is 9.36. The molecular formula is C28H16N6O6. The number of nitrogens with zero attached hydrogens (tertiary/aromatic N) is 4. The molecule has 12 heteroatoms. The second-order valence-electron chi connectivity index (χ2n) is 8.78. The van der Waals surface area contributed by atoms with Gasteiger partial charge in [-0.3, -0.25) is 49.6 Å². The highest BCUT2D eigenvalue weighted by Crippen LogP contribution is 2.31. The quantitative estimate of drug-likeness (QED) is 0.370. The lowest BCUT2D eigenvalue weighted by molar-refractivity contribution is 0.0513. The molecule has 0 fully saturated rings. The molecule has 0 bridgehead atoms. The zero-order chi connectivity index (χ0) is 28.0. The minimum Gasteiger partial charge on any atom is -0.267 e. The fraction of sp³-hybridized carbons (Fsp3) is 0. The van der Waals surface area contributed by atoms with E-state index in [4.69, 9.17) is 0 Å². The van der Waals surface area contributed by atoms with Crippen LogP contribution in [0.1, 0.15) is 62.1 Å². The second-order valence-corrected chi connectivity index (χ2v) is 8.78. The number of aromatic nitrogens is 2. The minimum atomic E-state index is -0.726. The Kier molecular flexibility index (Phi) is 5.69. The number of nitrogens with one attached hydrogen (secondary N) is 2. The Labute approximate surface area is 225 Å². The van der Waals surface area contributed by atoms with Crippen molar-refractivity contribution in [1.29, 1.82) is 0 Å². The molecule has 0 atom stereocenters. The molecule has 194 valence electrons. The first kappa shape index (κ1) is 24.3. The highest BCUT2D eigenvalue weighted by molar-refractivity contribution is 6.23. The monoisotopic (exact) mass is 532 g/mol. The molecule has 2 aliphatic rings. The SMILES string of the molecule is O=C(NN1C(=O)c2ccc(-c3ccc4c(c3)C(=O)N(NC(=O)c3cccnc3)C4=O)cc2C1=O)c1cccnc1. The van der Waals surface area contributed by atoms with Gasteiger partial charge in [0.05, 0.1) is 33.4 Å². The van der Waals surface area contributed by atoms with Crippen LogP contribution in [0.2, 0.25) is 0 Å². The maximum Gasteiger partial charge on any atom is 0.280 e. The van der Waals surface area contributed by atoms with Crippen LogP contribution >= 0.6 is 0 Å². The number of rotatable bonds is 5. The minimum absolute atomic E-state index is 0.0576. The van der Waals surface area contributed by atoms with Crippen LogP contribution in [-0.2, 0) is 0 Å². The highest BCUT2D eigenvalue weighted by atomic mass is 16.2. The van der Waals surface area contributed by atoms with Crippen LogP contribution in [0.4, 0.5) is 0 Å². The van der Waals surface area contributed by atoms with Crippen LogP contribution in [0.25, 0.3) is 11.1 Å². The molecule has 0 unspecified atom stereocenters. The van der Waals surface area contributed by atoms with Crippen molar-refractivity contribution in [3.05, 3.63) is 119 Å². The summed E-state index contributed by atoms with van der Waals surface area (Å²) >= 11 is 0. The maximum absolute atomic E-state index is 13.0. The van der Waals surface area contributed by atoms with Crippen LogP contribution in [0, 0.1) is 0 Å². The summed E-state index contributed by atoms with van der Waals surface area (Å²) in [5.74, 6) is -4.20. The van der Waals surface area contributed by atoms with Gasteiger partial charge in [-0.2, -0.15) is 10.0 Å².